The first kappa shape index (κ1) is 16.5. The van der Waals surface area contributed by atoms with Crippen molar-refractivity contribution in [3.05, 3.63) is 56.7 Å². The number of carbonyl (C=O) groups excluding carboxylic acids is 1. The van der Waals surface area contributed by atoms with Crippen LogP contribution in [0.2, 0.25) is 0 Å². The summed E-state index contributed by atoms with van der Waals surface area (Å²) in [4.78, 5) is 39.0. The summed E-state index contributed by atoms with van der Waals surface area (Å²) in [7, 11) is 0. The maximum atomic E-state index is 12.1. The Bertz CT molecular complexity index is 793. The number of H-pyrrole nitrogens is 1. The molecule has 1 aromatic heterocycles. The zero-order valence-electron chi connectivity index (χ0n) is 13.2. The van der Waals surface area contributed by atoms with Gasteiger partial charge in [0.25, 0.3) is 5.56 Å². The van der Waals surface area contributed by atoms with Crippen molar-refractivity contribution >= 4 is 17.9 Å². The van der Waals surface area contributed by atoms with Crippen LogP contribution in [0.1, 0.15) is 19.4 Å². The smallest absolute Gasteiger partial charge is 0.330 e. The largest absolute Gasteiger partial charge is 0.383 e. The molecule has 2 rings (SSSR count). The van der Waals surface area contributed by atoms with E-state index in [1.54, 1.807) is 0 Å². The predicted octanol–water partition coefficient (Wildman–Crippen LogP) is 0.786. The predicted molar refractivity (Wildman–Crippen MR) is 89.5 cm³/mol. The van der Waals surface area contributed by atoms with E-state index in [1.165, 1.54) is 9.47 Å². The minimum Gasteiger partial charge on any atom is -0.383 e. The summed E-state index contributed by atoms with van der Waals surface area (Å²) in [5.74, 6) is 0.129. The van der Waals surface area contributed by atoms with Crippen LogP contribution in [-0.2, 0) is 11.3 Å². The van der Waals surface area contributed by atoms with E-state index in [0.717, 1.165) is 5.56 Å². The Balaban J connectivity index is 2.53. The Labute approximate surface area is 133 Å². The van der Waals surface area contributed by atoms with Gasteiger partial charge in [0.1, 0.15) is 5.82 Å². The Morgan fingerprint density at radius 1 is 1.26 bits per heavy atom. The van der Waals surface area contributed by atoms with Gasteiger partial charge in [0.05, 0.1) is 6.54 Å². The number of anilines is 2. The van der Waals surface area contributed by atoms with Gasteiger partial charge >= 0.3 is 5.69 Å². The summed E-state index contributed by atoms with van der Waals surface area (Å²) in [6, 6.07) is 9.26. The first-order chi connectivity index (χ1) is 10.9. The third-order valence-electron chi connectivity index (χ3n) is 3.37. The van der Waals surface area contributed by atoms with Gasteiger partial charge in [-0.05, 0) is 11.5 Å². The molecule has 0 unspecified atom stereocenters. The monoisotopic (exact) mass is 316 g/mol. The second-order valence-electron chi connectivity index (χ2n) is 5.72. The number of benzene rings is 1. The molecule has 0 atom stereocenters. The second-order valence-corrected chi connectivity index (χ2v) is 5.72. The third-order valence-corrected chi connectivity index (χ3v) is 3.37. The molecule has 23 heavy (non-hydrogen) atoms. The summed E-state index contributed by atoms with van der Waals surface area (Å²) in [6.07, 6.45) is 0.554. The lowest BCUT2D eigenvalue weighted by atomic mass is 10.2. The number of aromatic nitrogens is 2. The van der Waals surface area contributed by atoms with Crippen LogP contribution in [-0.4, -0.2) is 22.5 Å². The molecule has 0 aliphatic heterocycles. The van der Waals surface area contributed by atoms with E-state index in [1.807, 2.05) is 44.2 Å². The Kier molecular flexibility index (Phi) is 5.00. The van der Waals surface area contributed by atoms with Crippen molar-refractivity contribution in [2.24, 2.45) is 5.92 Å². The van der Waals surface area contributed by atoms with Crippen molar-refractivity contribution in [1.29, 1.82) is 0 Å². The zero-order valence-corrected chi connectivity index (χ0v) is 13.2. The minimum atomic E-state index is -0.662. The lowest BCUT2D eigenvalue weighted by Gasteiger charge is -2.22. The standard InChI is InChI=1S/C16H20N4O3/c1-11(2)8-19(10-21)13-14(17)20(16(23)18-15(13)22)9-12-6-4-3-5-7-12/h3-7,10-11H,8-9,17H2,1-2H3,(H,18,22,23). The molecule has 122 valence electrons. The molecule has 1 heterocycles. The number of rotatable bonds is 6. The van der Waals surface area contributed by atoms with Gasteiger partial charge < -0.3 is 10.6 Å². The van der Waals surface area contributed by atoms with Crippen LogP contribution in [0.4, 0.5) is 11.5 Å². The number of aromatic amines is 1. The molecular weight excluding hydrogens is 296 g/mol. The molecular formula is C16H20N4O3. The van der Waals surface area contributed by atoms with Crippen LogP contribution in [0, 0.1) is 5.92 Å². The van der Waals surface area contributed by atoms with E-state index in [0.29, 0.717) is 13.0 Å². The molecule has 1 aromatic carbocycles. The van der Waals surface area contributed by atoms with Crippen LogP contribution in [0.15, 0.2) is 39.9 Å². The quantitative estimate of drug-likeness (QED) is 0.769. The maximum absolute atomic E-state index is 12.1. The van der Waals surface area contributed by atoms with Crippen molar-refractivity contribution in [2.45, 2.75) is 20.4 Å². The van der Waals surface area contributed by atoms with Gasteiger partial charge in [-0.2, -0.15) is 0 Å². The van der Waals surface area contributed by atoms with Gasteiger partial charge in [-0.1, -0.05) is 44.2 Å². The third kappa shape index (κ3) is 3.68. The number of nitrogens with one attached hydrogen (secondary N) is 1. The average molecular weight is 316 g/mol. The Morgan fingerprint density at radius 2 is 1.91 bits per heavy atom. The Morgan fingerprint density at radius 3 is 2.48 bits per heavy atom. The van der Waals surface area contributed by atoms with Crippen molar-refractivity contribution in [2.75, 3.05) is 17.2 Å². The van der Waals surface area contributed by atoms with Crippen LogP contribution in [0.5, 0.6) is 0 Å². The van der Waals surface area contributed by atoms with E-state index < -0.39 is 11.2 Å². The first-order valence-corrected chi connectivity index (χ1v) is 7.32. The van der Waals surface area contributed by atoms with E-state index in [9.17, 15) is 14.4 Å². The first-order valence-electron chi connectivity index (χ1n) is 7.32. The van der Waals surface area contributed by atoms with Gasteiger partial charge in [0, 0.05) is 6.54 Å². The molecule has 0 aliphatic rings. The summed E-state index contributed by atoms with van der Waals surface area (Å²) >= 11 is 0. The van der Waals surface area contributed by atoms with Gasteiger partial charge in [0.2, 0.25) is 6.41 Å². The highest BCUT2D eigenvalue weighted by atomic mass is 16.2. The number of nitrogen functional groups attached to an aromatic ring is 1. The SMILES string of the molecule is CC(C)CN(C=O)c1c(N)n(Cc2ccccc2)c(=O)[nH]c1=O. The number of nitrogens with zero attached hydrogens (tertiary/aromatic N) is 2. The molecule has 0 aliphatic carbocycles. The zero-order chi connectivity index (χ0) is 17.0. The van der Waals surface area contributed by atoms with Crippen molar-refractivity contribution in [3.8, 4) is 0 Å². The molecule has 3 N–H and O–H groups in total. The molecule has 7 nitrogen and oxygen atoms in total. The van der Waals surface area contributed by atoms with E-state index in [2.05, 4.69) is 4.98 Å². The number of carbonyl (C=O) groups is 1. The topological polar surface area (TPSA) is 101 Å². The fourth-order valence-corrected chi connectivity index (χ4v) is 2.36. The van der Waals surface area contributed by atoms with Gasteiger partial charge in [0.15, 0.2) is 5.69 Å². The number of hydrogen-bond acceptors (Lipinski definition) is 4. The average Bonchev–Trinajstić information content (AvgIpc) is 2.51. The highest BCUT2D eigenvalue weighted by Gasteiger charge is 2.19. The second kappa shape index (κ2) is 6.95. The van der Waals surface area contributed by atoms with Crippen LogP contribution in [0.3, 0.4) is 0 Å². The van der Waals surface area contributed by atoms with Crippen LogP contribution in [0.25, 0.3) is 0 Å². The molecule has 0 fully saturated rings. The van der Waals surface area contributed by atoms with Gasteiger partial charge in [-0.15, -0.1) is 0 Å². The number of amides is 1. The molecule has 2 aromatic rings. The lowest BCUT2D eigenvalue weighted by molar-refractivity contribution is -0.107. The molecule has 7 heteroatoms. The minimum absolute atomic E-state index is 0.00392. The highest BCUT2D eigenvalue weighted by Crippen LogP contribution is 2.17. The number of hydrogen-bond donors (Lipinski definition) is 2. The summed E-state index contributed by atoms with van der Waals surface area (Å²) in [5.41, 5.74) is 5.63. The Hall–Kier alpha value is -2.83. The molecule has 0 saturated heterocycles. The van der Waals surface area contributed by atoms with E-state index >= 15 is 0 Å². The fourth-order valence-electron chi connectivity index (χ4n) is 2.36. The van der Waals surface area contributed by atoms with Crippen molar-refractivity contribution in [3.63, 3.8) is 0 Å². The lowest BCUT2D eigenvalue weighted by Crippen LogP contribution is -2.39. The van der Waals surface area contributed by atoms with Crippen molar-refractivity contribution < 1.29 is 4.79 Å². The summed E-state index contributed by atoms with van der Waals surface area (Å²) in [5, 5.41) is 0. The molecule has 0 radical (unpaired) electrons. The maximum Gasteiger partial charge on any atom is 0.330 e. The normalized spacial score (nSPS) is 10.7. The fraction of sp³-hybridized carbons (Fsp3) is 0.312. The summed E-state index contributed by atoms with van der Waals surface area (Å²) < 4.78 is 1.25. The van der Waals surface area contributed by atoms with Crippen LogP contribution < -0.4 is 21.9 Å². The summed E-state index contributed by atoms with van der Waals surface area (Å²) in [6.45, 7) is 4.38. The van der Waals surface area contributed by atoms with E-state index in [-0.39, 0.29) is 24.0 Å². The van der Waals surface area contributed by atoms with Gasteiger partial charge in [-0.3, -0.25) is 19.1 Å². The highest BCUT2D eigenvalue weighted by molar-refractivity contribution is 5.80. The van der Waals surface area contributed by atoms with Crippen LogP contribution >= 0.6 is 0 Å². The molecule has 0 saturated carbocycles. The molecule has 0 spiro atoms. The number of nitrogens with two attached hydrogens (primary N) is 1. The van der Waals surface area contributed by atoms with Crippen molar-refractivity contribution in [1.82, 2.24) is 9.55 Å². The molecule has 0 bridgehead atoms. The molecule has 1 amide bonds. The van der Waals surface area contributed by atoms with E-state index in [4.69, 9.17) is 5.73 Å². The van der Waals surface area contributed by atoms with Gasteiger partial charge in [-0.25, -0.2) is 4.79 Å².